The van der Waals surface area contributed by atoms with Crippen molar-refractivity contribution in [3.63, 3.8) is 0 Å². The molecule has 2 aromatic carbocycles. The summed E-state index contributed by atoms with van der Waals surface area (Å²) in [7, 11) is 0. The highest BCUT2D eigenvalue weighted by molar-refractivity contribution is 5.75. The highest BCUT2D eigenvalue weighted by Crippen LogP contribution is 2.30. The SMILES string of the molecule is Nc1ccc(-c2cccc(F)c2)c(F)c1N. The summed E-state index contributed by atoms with van der Waals surface area (Å²) in [5.74, 6) is -1.04. The second-order valence-corrected chi connectivity index (χ2v) is 3.44. The number of hydrogen-bond donors (Lipinski definition) is 2. The van der Waals surface area contributed by atoms with Gasteiger partial charge in [-0.1, -0.05) is 12.1 Å². The summed E-state index contributed by atoms with van der Waals surface area (Å²) in [4.78, 5) is 0. The molecule has 16 heavy (non-hydrogen) atoms. The first-order chi connectivity index (χ1) is 7.59. The predicted molar refractivity (Wildman–Crippen MR) is 60.6 cm³/mol. The van der Waals surface area contributed by atoms with Crippen molar-refractivity contribution in [1.29, 1.82) is 0 Å². The molecular weight excluding hydrogens is 210 g/mol. The van der Waals surface area contributed by atoms with Gasteiger partial charge in [0, 0.05) is 5.56 Å². The fraction of sp³-hybridized carbons (Fsp3) is 0. The summed E-state index contributed by atoms with van der Waals surface area (Å²) < 4.78 is 26.7. The van der Waals surface area contributed by atoms with Crippen LogP contribution in [0.4, 0.5) is 20.2 Å². The van der Waals surface area contributed by atoms with Crippen LogP contribution in [0.5, 0.6) is 0 Å². The molecule has 0 bridgehead atoms. The Bertz CT molecular complexity index is 539. The molecule has 82 valence electrons. The van der Waals surface area contributed by atoms with Crippen LogP contribution in [0.3, 0.4) is 0 Å². The summed E-state index contributed by atoms with van der Waals surface area (Å²) in [6, 6.07) is 8.64. The molecule has 0 aliphatic heterocycles. The van der Waals surface area contributed by atoms with Crippen molar-refractivity contribution in [2.45, 2.75) is 0 Å². The first-order valence-corrected chi connectivity index (χ1v) is 4.69. The molecule has 4 heteroatoms. The smallest absolute Gasteiger partial charge is 0.156 e. The number of hydrogen-bond acceptors (Lipinski definition) is 2. The van der Waals surface area contributed by atoms with Crippen LogP contribution in [0, 0.1) is 11.6 Å². The standard InChI is InChI=1S/C12H10F2N2/c13-8-3-1-2-7(6-8)9-4-5-10(15)12(16)11(9)14/h1-6H,15-16H2. The summed E-state index contributed by atoms with van der Waals surface area (Å²) in [5.41, 5.74) is 11.7. The lowest BCUT2D eigenvalue weighted by molar-refractivity contribution is 0.626. The zero-order valence-corrected chi connectivity index (χ0v) is 8.37. The molecule has 0 heterocycles. The molecule has 0 aromatic heterocycles. The van der Waals surface area contributed by atoms with Gasteiger partial charge >= 0.3 is 0 Å². The third kappa shape index (κ3) is 1.69. The molecule has 0 aliphatic carbocycles. The highest BCUT2D eigenvalue weighted by Gasteiger charge is 2.10. The van der Waals surface area contributed by atoms with Crippen LogP contribution in [0.15, 0.2) is 36.4 Å². The molecular formula is C12H10F2N2. The monoisotopic (exact) mass is 220 g/mol. The molecule has 0 aliphatic rings. The summed E-state index contributed by atoms with van der Waals surface area (Å²) in [6.07, 6.45) is 0. The maximum Gasteiger partial charge on any atom is 0.156 e. The van der Waals surface area contributed by atoms with E-state index >= 15 is 0 Å². The van der Waals surface area contributed by atoms with Gasteiger partial charge in [-0.25, -0.2) is 8.78 Å². The van der Waals surface area contributed by atoms with Gasteiger partial charge in [-0.2, -0.15) is 0 Å². The topological polar surface area (TPSA) is 52.0 Å². The van der Waals surface area contributed by atoms with Gasteiger partial charge in [-0.15, -0.1) is 0 Å². The normalized spacial score (nSPS) is 10.4. The minimum atomic E-state index is -0.620. The van der Waals surface area contributed by atoms with Gasteiger partial charge in [0.2, 0.25) is 0 Å². The molecule has 0 saturated carbocycles. The van der Waals surface area contributed by atoms with E-state index in [1.807, 2.05) is 0 Å². The molecule has 0 radical (unpaired) electrons. The third-order valence-corrected chi connectivity index (χ3v) is 2.35. The van der Waals surface area contributed by atoms with Crippen LogP contribution in [-0.4, -0.2) is 0 Å². The molecule has 0 spiro atoms. The Hall–Kier alpha value is -2.10. The quantitative estimate of drug-likeness (QED) is 0.726. The van der Waals surface area contributed by atoms with Gasteiger partial charge in [0.15, 0.2) is 5.82 Å². The van der Waals surface area contributed by atoms with Crippen LogP contribution in [0.1, 0.15) is 0 Å². The van der Waals surface area contributed by atoms with E-state index in [2.05, 4.69) is 0 Å². The van der Waals surface area contributed by atoms with Crippen molar-refractivity contribution >= 4 is 11.4 Å². The van der Waals surface area contributed by atoms with Crippen LogP contribution < -0.4 is 11.5 Å². The van der Waals surface area contributed by atoms with Crippen molar-refractivity contribution in [2.24, 2.45) is 0 Å². The highest BCUT2D eigenvalue weighted by atomic mass is 19.1. The van der Waals surface area contributed by atoms with Crippen LogP contribution >= 0.6 is 0 Å². The molecule has 0 amide bonds. The van der Waals surface area contributed by atoms with Crippen molar-refractivity contribution in [1.82, 2.24) is 0 Å². The van der Waals surface area contributed by atoms with Crippen LogP contribution in [0.2, 0.25) is 0 Å². The Labute approximate surface area is 91.5 Å². The van der Waals surface area contributed by atoms with E-state index in [0.29, 0.717) is 5.56 Å². The lowest BCUT2D eigenvalue weighted by Gasteiger charge is -2.07. The first kappa shape index (κ1) is 10.4. The third-order valence-electron chi connectivity index (χ3n) is 2.35. The van der Waals surface area contributed by atoms with E-state index in [1.165, 1.54) is 30.3 Å². The Morgan fingerprint density at radius 3 is 2.38 bits per heavy atom. The van der Waals surface area contributed by atoms with Gasteiger partial charge in [-0.05, 0) is 29.8 Å². The predicted octanol–water partition coefficient (Wildman–Crippen LogP) is 2.80. The molecule has 2 nitrogen and oxygen atoms in total. The van der Waals surface area contributed by atoms with Gasteiger partial charge in [-0.3, -0.25) is 0 Å². The number of rotatable bonds is 1. The van der Waals surface area contributed by atoms with Crippen molar-refractivity contribution in [3.8, 4) is 11.1 Å². The fourth-order valence-corrected chi connectivity index (χ4v) is 1.49. The molecule has 2 aromatic rings. The number of benzene rings is 2. The molecule has 0 saturated heterocycles. The maximum absolute atomic E-state index is 13.8. The largest absolute Gasteiger partial charge is 0.397 e. The van der Waals surface area contributed by atoms with E-state index in [9.17, 15) is 8.78 Å². The van der Waals surface area contributed by atoms with Gasteiger partial charge in [0.25, 0.3) is 0 Å². The minimum absolute atomic E-state index is 0.109. The Kier molecular flexibility index (Phi) is 2.48. The van der Waals surface area contributed by atoms with E-state index in [4.69, 9.17) is 11.5 Å². The van der Waals surface area contributed by atoms with Gasteiger partial charge in [0.05, 0.1) is 11.4 Å². The lowest BCUT2D eigenvalue weighted by Crippen LogP contribution is -1.99. The molecule has 2 rings (SSSR count). The molecule has 0 unspecified atom stereocenters. The summed E-state index contributed by atoms with van der Waals surface area (Å²) in [6.45, 7) is 0. The Morgan fingerprint density at radius 1 is 0.938 bits per heavy atom. The first-order valence-electron chi connectivity index (χ1n) is 4.69. The fourth-order valence-electron chi connectivity index (χ4n) is 1.49. The van der Waals surface area contributed by atoms with Crippen molar-refractivity contribution < 1.29 is 8.78 Å². The second kappa shape index (κ2) is 3.81. The van der Waals surface area contributed by atoms with Gasteiger partial charge in [0.1, 0.15) is 5.82 Å². The zero-order chi connectivity index (χ0) is 11.7. The van der Waals surface area contributed by atoms with E-state index in [0.717, 1.165) is 0 Å². The van der Waals surface area contributed by atoms with E-state index in [1.54, 1.807) is 6.07 Å². The van der Waals surface area contributed by atoms with Crippen molar-refractivity contribution in [3.05, 3.63) is 48.0 Å². The van der Waals surface area contributed by atoms with Crippen molar-refractivity contribution in [2.75, 3.05) is 11.5 Å². The average Bonchev–Trinajstić information content (AvgIpc) is 2.26. The zero-order valence-electron chi connectivity index (χ0n) is 8.37. The van der Waals surface area contributed by atoms with Gasteiger partial charge < -0.3 is 11.5 Å². The van der Waals surface area contributed by atoms with Crippen LogP contribution in [-0.2, 0) is 0 Å². The molecule has 0 atom stereocenters. The Balaban J connectivity index is 2.61. The number of halogens is 2. The second-order valence-electron chi connectivity index (χ2n) is 3.44. The summed E-state index contributed by atoms with van der Waals surface area (Å²) >= 11 is 0. The van der Waals surface area contributed by atoms with E-state index < -0.39 is 11.6 Å². The van der Waals surface area contributed by atoms with Crippen LogP contribution in [0.25, 0.3) is 11.1 Å². The summed E-state index contributed by atoms with van der Waals surface area (Å²) in [5, 5.41) is 0. The molecule has 4 N–H and O–H groups in total. The molecule has 0 fully saturated rings. The minimum Gasteiger partial charge on any atom is -0.397 e. The van der Waals surface area contributed by atoms with E-state index in [-0.39, 0.29) is 16.9 Å². The lowest BCUT2D eigenvalue weighted by atomic mass is 10.0. The number of anilines is 2. The maximum atomic E-state index is 13.8. The number of nitrogen functional groups attached to an aromatic ring is 2. The average molecular weight is 220 g/mol. The Morgan fingerprint density at radius 2 is 1.69 bits per heavy atom. The number of nitrogens with two attached hydrogens (primary N) is 2.